The summed E-state index contributed by atoms with van der Waals surface area (Å²) in [6.45, 7) is 0. The van der Waals surface area contributed by atoms with Gasteiger partial charge in [-0.3, -0.25) is 5.32 Å². The molecule has 4 rings (SSSR count). The highest BCUT2D eigenvalue weighted by Gasteiger charge is 2.39. The predicted octanol–water partition coefficient (Wildman–Crippen LogP) is 5.32. The van der Waals surface area contributed by atoms with E-state index in [1.165, 1.54) is 12.1 Å². The Kier molecular flexibility index (Phi) is 5.06. The van der Waals surface area contributed by atoms with Gasteiger partial charge in [0.05, 0.1) is 5.69 Å². The van der Waals surface area contributed by atoms with Crippen molar-refractivity contribution in [3.8, 4) is 11.1 Å². The molecule has 2 bridgehead atoms. The third kappa shape index (κ3) is 3.94. The number of halogens is 2. The summed E-state index contributed by atoms with van der Waals surface area (Å²) in [7, 11) is 2.14. The number of anilines is 1. The highest BCUT2D eigenvalue weighted by molar-refractivity contribution is 6.30. The number of piperidine rings is 1. The molecule has 2 aliphatic rings. The molecule has 2 fully saturated rings. The van der Waals surface area contributed by atoms with Crippen LogP contribution in [0.5, 0.6) is 0 Å². The molecule has 2 aliphatic heterocycles. The first-order valence-corrected chi connectivity index (χ1v) is 9.62. The normalized spacial score (nSPS) is 24.6. The monoisotopic (exact) mass is 388 g/mol. The second-order valence-electron chi connectivity index (χ2n) is 7.37. The Labute approximate surface area is 163 Å². The Hall–Kier alpha value is -2.11. The van der Waals surface area contributed by atoms with Gasteiger partial charge >= 0.3 is 6.09 Å². The summed E-state index contributed by atoms with van der Waals surface area (Å²) in [6.07, 6.45) is 3.38. The van der Waals surface area contributed by atoms with E-state index in [0.717, 1.165) is 31.2 Å². The number of nitrogens with one attached hydrogen (secondary N) is 1. The SMILES string of the molecule is CN1C2CCC1CC(OC(=O)Nc1cc(F)ccc1-c1cccc(Cl)c1)C2. The van der Waals surface area contributed by atoms with Crippen molar-refractivity contribution >= 4 is 23.4 Å². The van der Waals surface area contributed by atoms with Crippen LogP contribution < -0.4 is 5.32 Å². The second kappa shape index (κ2) is 7.49. The molecule has 2 unspecified atom stereocenters. The first-order chi connectivity index (χ1) is 13.0. The lowest BCUT2D eigenvalue weighted by molar-refractivity contribution is 0.0348. The molecule has 142 valence electrons. The van der Waals surface area contributed by atoms with Crippen molar-refractivity contribution in [3.63, 3.8) is 0 Å². The summed E-state index contributed by atoms with van der Waals surface area (Å²) in [6, 6.07) is 12.5. The topological polar surface area (TPSA) is 41.6 Å². The molecule has 27 heavy (non-hydrogen) atoms. The maximum Gasteiger partial charge on any atom is 0.411 e. The molecule has 0 radical (unpaired) electrons. The third-order valence-corrected chi connectivity index (χ3v) is 5.92. The lowest BCUT2D eigenvalue weighted by Gasteiger charge is -2.35. The molecular formula is C21H22ClFN2O2. The molecule has 2 saturated heterocycles. The third-order valence-electron chi connectivity index (χ3n) is 5.68. The van der Waals surface area contributed by atoms with Crippen molar-refractivity contribution in [1.29, 1.82) is 0 Å². The summed E-state index contributed by atoms with van der Waals surface area (Å²) in [5.74, 6) is -0.423. The van der Waals surface area contributed by atoms with Crippen LogP contribution in [0.3, 0.4) is 0 Å². The van der Waals surface area contributed by atoms with Crippen molar-refractivity contribution in [1.82, 2.24) is 4.90 Å². The number of amides is 1. The number of hydrogen-bond donors (Lipinski definition) is 1. The summed E-state index contributed by atoms with van der Waals surface area (Å²) in [5, 5.41) is 3.30. The molecule has 2 heterocycles. The smallest absolute Gasteiger partial charge is 0.411 e. The van der Waals surface area contributed by atoms with E-state index in [2.05, 4.69) is 17.3 Å². The molecule has 4 nitrogen and oxygen atoms in total. The van der Waals surface area contributed by atoms with E-state index in [9.17, 15) is 9.18 Å². The fourth-order valence-electron chi connectivity index (χ4n) is 4.28. The standard InChI is InChI=1S/C21H22ClFN2O2/c1-25-16-6-7-17(25)12-18(11-16)27-21(26)24-20-10-15(23)5-8-19(20)13-3-2-4-14(22)9-13/h2-5,8-10,16-18H,6-7,11-12H2,1H3,(H,24,26). The highest BCUT2D eigenvalue weighted by atomic mass is 35.5. The average Bonchev–Trinajstić information content (AvgIpc) is 2.83. The number of carbonyl (C=O) groups excluding carboxylic acids is 1. The van der Waals surface area contributed by atoms with E-state index in [0.29, 0.717) is 28.4 Å². The van der Waals surface area contributed by atoms with Crippen LogP contribution in [-0.2, 0) is 4.74 Å². The van der Waals surface area contributed by atoms with Gasteiger partial charge in [0.1, 0.15) is 11.9 Å². The van der Waals surface area contributed by atoms with Crippen molar-refractivity contribution in [3.05, 3.63) is 53.3 Å². The Balaban J connectivity index is 1.49. The second-order valence-corrected chi connectivity index (χ2v) is 7.81. The lowest BCUT2D eigenvalue weighted by Crippen LogP contribution is -2.43. The average molecular weight is 389 g/mol. The molecule has 1 N–H and O–H groups in total. The Morgan fingerprint density at radius 3 is 2.63 bits per heavy atom. The summed E-state index contributed by atoms with van der Waals surface area (Å²) in [5.41, 5.74) is 1.87. The first kappa shape index (κ1) is 18.3. The van der Waals surface area contributed by atoms with Crippen molar-refractivity contribution in [2.45, 2.75) is 43.9 Å². The van der Waals surface area contributed by atoms with Gasteiger partial charge in [0.15, 0.2) is 0 Å². The van der Waals surface area contributed by atoms with Crippen LogP contribution >= 0.6 is 11.6 Å². The number of benzene rings is 2. The Morgan fingerprint density at radius 1 is 1.19 bits per heavy atom. The molecule has 2 aromatic carbocycles. The van der Waals surface area contributed by atoms with E-state index in [4.69, 9.17) is 16.3 Å². The number of carbonyl (C=O) groups is 1. The largest absolute Gasteiger partial charge is 0.446 e. The van der Waals surface area contributed by atoms with Gasteiger partial charge in [0, 0.05) is 35.5 Å². The molecule has 6 heteroatoms. The van der Waals surface area contributed by atoms with Gasteiger partial charge in [-0.05, 0) is 55.8 Å². The number of ether oxygens (including phenoxy) is 1. The zero-order valence-electron chi connectivity index (χ0n) is 15.1. The van der Waals surface area contributed by atoms with E-state index in [1.807, 2.05) is 12.1 Å². The molecule has 0 spiro atoms. The van der Waals surface area contributed by atoms with Crippen LogP contribution in [0.25, 0.3) is 11.1 Å². The Morgan fingerprint density at radius 2 is 1.93 bits per heavy atom. The fourth-order valence-corrected chi connectivity index (χ4v) is 4.47. The van der Waals surface area contributed by atoms with Crippen LogP contribution in [-0.4, -0.2) is 36.2 Å². The van der Waals surface area contributed by atoms with Crippen molar-refractivity contribution in [2.24, 2.45) is 0 Å². The number of rotatable bonds is 3. The summed E-state index contributed by atoms with van der Waals surface area (Å²) < 4.78 is 19.4. The molecule has 0 aliphatic carbocycles. The number of fused-ring (bicyclic) bond motifs is 2. The molecular weight excluding hydrogens is 367 g/mol. The van der Waals surface area contributed by atoms with E-state index in [1.54, 1.807) is 18.2 Å². The molecule has 2 atom stereocenters. The minimum atomic E-state index is -0.544. The zero-order valence-corrected chi connectivity index (χ0v) is 15.9. The van der Waals surface area contributed by atoms with Gasteiger partial charge in [-0.2, -0.15) is 0 Å². The van der Waals surface area contributed by atoms with Crippen LogP contribution in [0.1, 0.15) is 25.7 Å². The lowest BCUT2D eigenvalue weighted by atomic mass is 10.0. The van der Waals surface area contributed by atoms with Gasteiger partial charge < -0.3 is 9.64 Å². The molecule has 2 aromatic rings. The highest BCUT2D eigenvalue weighted by Crippen LogP contribution is 2.36. The van der Waals surface area contributed by atoms with Gasteiger partial charge in [-0.25, -0.2) is 9.18 Å². The van der Waals surface area contributed by atoms with Gasteiger partial charge in [0.25, 0.3) is 0 Å². The van der Waals surface area contributed by atoms with E-state index < -0.39 is 11.9 Å². The quantitative estimate of drug-likeness (QED) is 0.773. The molecule has 0 saturated carbocycles. The fraction of sp³-hybridized carbons (Fsp3) is 0.381. The molecule has 1 amide bonds. The Bertz CT molecular complexity index is 846. The predicted molar refractivity (Wildman–Crippen MR) is 105 cm³/mol. The van der Waals surface area contributed by atoms with Crippen molar-refractivity contribution in [2.75, 3.05) is 12.4 Å². The van der Waals surface area contributed by atoms with E-state index in [-0.39, 0.29) is 6.10 Å². The van der Waals surface area contributed by atoms with Crippen LogP contribution in [0.4, 0.5) is 14.9 Å². The number of hydrogen-bond acceptors (Lipinski definition) is 3. The zero-order chi connectivity index (χ0) is 19.0. The molecule has 0 aromatic heterocycles. The van der Waals surface area contributed by atoms with Gasteiger partial charge in [-0.15, -0.1) is 0 Å². The number of nitrogens with zero attached hydrogens (tertiary/aromatic N) is 1. The summed E-state index contributed by atoms with van der Waals surface area (Å²) in [4.78, 5) is 14.9. The maximum atomic E-state index is 13.8. The van der Waals surface area contributed by atoms with E-state index >= 15 is 0 Å². The minimum absolute atomic E-state index is 0.0955. The van der Waals surface area contributed by atoms with Gasteiger partial charge in [0.2, 0.25) is 0 Å². The van der Waals surface area contributed by atoms with Crippen LogP contribution in [0.2, 0.25) is 5.02 Å². The van der Waals surface area contributed by atoms with Crippen molar-refractivity contribution < 1.29 is 13.9 Å². The first-order valence-electron chi connectivity index (χ1n) is 9.24. The van der Waals surface area contributed by atoms with Crippen LogP contribution in [0, 0.1) is 5.82 Å². The minimum Gasteiger partial charge on any atom is -0.446 e. The maximum absolute atomic E-state index is 13.8. The van der Waals surface area contributed by atoms with Gasteiger partial charge in [-0.1, -0.05) is 23.7 Å². The summed E-state index contributed by atoms with van der Waals surface area (Å²) >= 11 is 6.07. The van der Waals surface area contributed by atoms with Crippen LogP contribution in [0.15, 0.2) is 42.5 Å².